The van der Waals surface area contributed by atoms with E-state index in [1.165, 1.54) is 12.1 Å². The van der Waals surface area contributed by atoms with Crippen molar-refractivity contribution in [2.24, 2.45) is 5.92 Å². The molecule has 0 saturated heterocycles. The Morgan fingerprint density at radius 2 is 2.11 bits per heavy atom. The molecule has 2 N–H and O–H groups in total. The number of para-hydroxylation sites is 1. The van der Waals surface area contributed by atoms with Gasteiger partial charge in [0.15, 0.2) is 0 Å². The number of phenolic OH excluding ortho intramolecular Hbond substituents is 1. The summed E-state index contributed by atoms with van der Waals surface area (Å²) in [5, 5.41) is 23.2. The highest BCUT2D eigenvalue weighted by atomic mass is 16.6. The number of carbonyl (C=O) groups is 1. The van der Waals surface area contributed by atoms with Gasteiger partial charge in [0.25, 0.3) is 5.91 Å². The number of phenols is 1. The van der Waals surface area contributed by atoms with E-state index in [9.17, 15) is 20.0 Å². The zero-order chi connectivity index (χ0) is 14.6. The lowest BCUT2D eigenvalue weighted by Gasteiger charge is -2.20. The Morgan fingerprint density at radius 1 is 1.47 bits per heavy atom. The Kier molecular flexibility index (Phi) is 4.86. The highest BCUT2D eigenvalue weighted by Crippen LogP contribution is 2.29. The largest absolute Gasteiger partial charge is 0.502 e. The summed E-state index contributed by atoms with van der Waals surface area (Å²) in [5.74, 6) is -0.847. The molecule has 1 atom stereocenters. The van der Waals surface area contributed by atoms with E-state index in [-0.39, 0.29) is 17.5 Å². The summed E-state index contributed by atoms with van der Waals surface area (Å²) in [5.41, 5.74) is -0.543. The molecular weight excluding hydrogens is 248 g/mol. The number of hydrogen-bond acceptors (Lipinski definition) is 4. The number of nitrogens with one attached hydrogen (secondary N) is 1. The molecule has 104 valence electrons. The number of nitro groups is 1. The molecule has 1 unspecified atom stereocenters. The van der Waals surface area contributed by atoms with Crippen LogP contribution in [-0.2, 0) is 0 Å². The van der Waals surface area contributed by atoms with Crippen LogP contribution in [-0.4, -0.2) is 22.0 Å². The predicted molar refractivity (Wildman–Crippen MR) is 71.1 cm³/mol. The Labute approximate surface area is 111 Å². The summed E-state index contributed by atoms with van der Waals surface area (Å²) < 4.78 is 0. The molecule has 0 bridgehead atoms. The lowest BCUT2D eigenvalue weighted by atomic mass is 10.0. The zero-order valence-electron chi connectivity index (χ0n) is 11.2. The molecule has 6 heteroatoms. The highest BCUT2D eigenvalue weighted by Gasteiger charge is 2.23. The maximum Gasteiger partial charge on any atom is 0.311 e. The average Bonchev–Trinajstić information content (AvgIpc) is 2.35. The van der Waals surface area contributed by atoms with Gasteiger partial charge in [0.05, 0.1) is 10.5 Å². The molecule has 0 aliphatic heterocycles. The first-order chi connectivity index (χ1) is 8.88. The lowest BCUT2D eigenvalue weighted by Crippen LogP contribution is -2.38. The van der Waals surface area contributed by atoms with E-state index in [0.717, 1.165) is 12.5 Å². The van der Waals surface area contributed by atoms with E-state index in [2.05, 4.69) is 5.32 Å². The van der Waals surface area contributed by atoms with Crippen molar-refractivity contribution < 1.29 is 14.8 Å². The molecule has 0 spiro atoms. The number of hydrogen-bond donors (Lipinski definition) is 2. The van der Waals surface area contributed by atoms with Crippen LogP contribution in [0.2, 0.25) is 0 Å². The van der Waals surface area contributed by atoms with E-state index in [0.29, 0.717) is 0 Å². The first-order valence-corrected chi connectivity index (χ1v) is 6.15. The van der Waals surface area contributed by atoms with Gasteiger partial charge in [-0.15, -0.1) is 0 Å². The molecule has 0 aliphatic rings. The molecule has 1 aromatic rings. The van der Waals surface area contributed by atoms with Crippen LogP contribution in [0.5, 0.6) is 5.75 Å². The average molecular weight is 266 g/mol. The van der Waals surface area contributed by atoms with Gasteiger partial charge < -0.3 is 10.4 Å². The molecule has 19 heavy (non-hydrogen) atoms. The highest BCUT2D eigenvalue weighted by molar-refractivity contribution is 5.98. The summed E-state index contributed by atoms with van der Waals surface area (Å²) in [7, 11) is 0. The van der Waals surface area contributed by atoms with Crippen molar-refractivity contribution >= 4 is 11.6 Å². The minimum atomic E-state index is -0.716. The molecule has 0 saturated carbocycles. The van der Waals surface area contributed by atoms with Gasteiger partial charge in [0, 0.05) is 12.1 Å². The molecular formula is C13H18N2O4. The van der Waals surface area contributed by atoms with Gasteiger partial charge >= 0.3 is 5.69 Å². The fourth-order valence-corrected chi connectivity index (χ4v) is 1.85. The van der Waals surface area contributed by atoms with Crippen LogP contribution in [0.15, 0.2) is 18.2 Å². The monoisotopic (exact) mass is 266 g/mol. The Hall–Kier alpha value is -2.11. The lowest BCUT2D eigenvalue weighted by molar-refractivity contribution is -0.385. The topological polar surface area (TPSA) is 92.5 Å². The number of nitrogens with zero attached hydrogens (tertiary/aromatic N) is 1. The van der Waals surface area contributed by atoms with Gasteiger partial charge in [-0.2, -0.15) is 0 Å². The van der Waals surface area contributed by atoms with Crippen LogP contribution in [0, 0.1) is 16.0 Å². The number of rotatable bonds is 5. The van der Waals surface area contributed by atoms with E-state index < -0.39 is 22.3 Å². The number of benzene rings is 1. The maximum absolute atomic E-state index is 12.0. The summed E-state index contributed by atoms with van der Waals surface area (Å²) in [6.45, 7) is 5.89. The second-order valence-electron chi connectivity index (χ2n) is 4.66. The number of nitro benzene ring substituents is 1. The second kappa shape index (κ2) is 6.17. The van der Waals surface area contributed by atoms with Gasteiger partial charge in [-0.1, -0.05) is 26.8 Å². The van der Waals surface area contributed by atoms with Crippen molar-refractivity contribution in [3.8, 4) is 5.75 Å². The third-order valence-electron chi connectivity index (χ3n) is 3.02. The van der Waals surface area contributed by atoms with Gasteiger partial charge in [-0.25, -0.2) is 0 Å². The smallest absolute Gasteiger partial charge is 0.311 e. The van der Waals surface area contributed by atoms with E-state index in [4.69, 9.17) is 0 Å². The normalized spacial score (nSPS) is 12.2. The van der Waals surface area contributed by atoms with Crippen molar-refractivity contribution in [2.75, 3.05) is 0 Å². The molecule has 0 heterocycles. The fraction of sp³-hybridized carbons (Fsp3) is 0.462. The van der Waals surface area contributed by atoms with E-state index >= 15 is 0 Å². The quantitative estimate of drug-likeness (QED) is 0.632. The molecule has 1 rings (SSSR count). The maximum atomic E-state index is 12.0. The molecule has 1 aromatic carbocycles. The van der Waals surface area contributed by atoms with Crippen molar-refractivity contribution in [1.29, 1.82) is 0 Å². The third kappa shape index (κ3) is 3.43. The summed E-state index contributed by atoms with van der Waals surface area (Å²) in [6, 6.07) is 3.87. The molecule has 0 radical (unpaired) electrons. The minimum Gasteiger partial charge on any atom is -0.502 e. The number of amides is 1. The Morgan fingerprint density at radius 3 is 2.58 bits per heavy atom. The van der Waals surface area contributed by atoms with Crippen molar-refractivity contribution in [2.45, 2.75) is 33.2 Å². The van der Waals surface area contributed by atoms with Crippen LogP contribution in [0.3, 0.4) is 0 Å². The summed E-state index contributed by atoms with van der Waals surface area (Å²) in [4.78, 5) is 22.0. The van der Waals surface area contributed by atoms with Crippen molar-refractivity contribution in [1.82, 2.24) is 5.32 Å². The van der Waals surface area contributed by atoms with Crippen LogP contribution in [0.1, 0.15) is 37.6 Å². The van der Waals surface area contributed by atoms with Crippen molar-refractivity contribution in [3.63, 3.8) is 0 Å². The zero-order valence-corrected chi connectivity index (χ0v) is 11.2. The van der Waals surface area contributed by atoms with E-state index in [1.54, 1.807) is 0 Å². The van der Waals surface area contributed by atoms with Crippen LogP contribution in [0.4, 0.5) is 5.69 Å². The number of carbonyl (C=O) groups excluding carboxylic acids is 1. The first kappa shape index (κ1) is 14.9. The summed E-state index contributed by atoms with van der Waals surface area (Å²) in [6.07, 6.45) is 0.749. The van der Waals surface area contributed by atoms with Gasteiger partial charge in [0.1, 0.15) is 0 Å². The van der Waals surface area contributed by atoms with Crippen LogP contribution in [0.25, 0.3) is 0 Å². The first-order valence-electron chi connectivity index (χ1n) is 6.15. The van der Waals surface area contributed by atoms with E-state index in [1.807, 2.05) is 20.8 Å². The fourth-order valence-electron chi connectivity index (χ4n) is 1.85. The van der Waals surface area contributed by atoms with Crippen LogP contribution >= 0.6 is 0 Å². The predicted octanol–water partition coefficient (Wildman–Crippen LogP) is 2.46. The van der Waals surface area contributed by atoms with Gasteiger partial charge in [-0.05, 0) is 18.4 Å². The summed E-state index contributed by atoms with van der Waals surface area (Å²) >= 11 is 0. The van der Waals surface area contributed by atoms with Crippen LogP contribution < -0.4 is 5.32 Å². The Balaban J connectivity index is 3.00. The molecule has 1 amide bonds. The Bertz CT molecular complexity index is 486. The molecule has 6 nitrogen and oxygen atoms in total. The second-order valence-corrected chi connectivity index (χ2v) is 4.66. The minimum absolute atomic E-state index is 0.0360. The van der Waals surface area contributed by atoms with Crippen molar-refractivity contribution in [3.05, 3.63) is 33.9 Å². The number of aromatic hydroxyl groups is 1. The molecule has 0 aromatic heterocycles. The van der Waals surface area contributed by atoms with Gasteiger partial charge in [-0.3, -0.25) is 14.9 Å². The third-order valence-corrected chi connectivity index (χ3v) is 3.02. The SMILES string of the molecule is CCC(NC(=O)c1cccc([N+](=O)[O-])c1O)C(C)C. The molecule has 0 aliphatic carbocycles. The molecule has 0 fully saturated rings. The van der Waals surface area contributed by atoms with Gasteiger partial charge in [0.2, 0.25) is 5.75 Å². The standard InChI is InChI=1S/C13H18N2O4/c1-4-10(8(2)3)14-13(17)9-6-5-7-11(12(9)16)15(18)19/h5-8,10,16H,4H2,1-3H3,(H,14,17).